The van der Waals surface area contributed by atoms with Crippen LogP contribution < -0.4 is 10.6 Å². The molecule has 1 fully saturated rings. The van der Waals surface area contributed by atoms with Gasteiger partial charge < -0.3 is 15.4 Å². The van der Waals surface area contributed by atoms with Crippen LogP contribution in [0.1, 0.15) is 30.9 Å². The predicted molar refractivity (Wildman–Crippen MR) is 116 cm³/mol. The van der Waals surface area contributed by atoms with Gasteiger partial charge in [0.2, 0.25) is 0 Å². The van der Waals surface area contributed by atoms with Gasteiger partial charge in [-0.25, -0.2) is 9.38 Å². The zero-order valence-corrected chi connectivity index (χ0v) is 18.4. The molecule has 1 aliphatic rings. The lowest BCUT2D eigenvalue weighted by Crippen LogP contribution is -2.45. The minimum absolute atomic E-state index is 0. The molecule has 1 saturated heterocycles. The second kappa shape index (κ2) is 12.5. The zero-order valence-electron chi connectivity index (χ0n) is 16.1. The minimum Gasteiger partial charge on any atom is -0.383 e. The van der Waals surface area contributed by atoms with Crippen molar-refractivity contribution in [3.8, 4) is 0 Å². The minimum atomic E-state index is -0.176. The quantitative estimate of drug-likeness (QED) is 0.343. The molecule has 1 aromatic carbocycles. The van der Waals surface area contributed by atoms with E-state index in [1.807, 2.05) is 13.0 Å². The van der Waals surface area contributed by atoms with Gasteiger partial charge in [0, 0.05) is 32.8 Å². The molecule has 1 heterocycles. The van der Waals surface area contributed by atoms with Crippen LogP contribution >= 0.6 is 24.0 Å². The van der Waals surface area contributed by atoms with Crippen molar-refractivity contribution in [2.45, 2.75) is 39.3 Å². The number of methoxy groups -OCH3 is 1. The van der Waals surface area contributed by atoms with E-state index in [1.54, 1.807) is 26.2 Å². The number of aliphatic imine (C=N–C) groups is 1. The van der Waals surface area contributed by atoms with Crippen LogP contribution in [-0.2, 0) is 11.3 Å². The smallest absolute Gasteiger partial charge is 0.191 e. The van der Waals surface area contributed by atoms with Crippen LogP contribution in [-0.4, -0.2) is 56.8 Å². The first-order valence-corrected chi connectivity index (χ1v) is 9.14. The lowest BCUT2D eigenvalue weighted by atomic mass is 10.1. The molecule has 0 aromatic heterocycles. The lowest BCUT2D eigenvalue weighted by molar-refractivity contribution is 0.141. The predicted octanol–water partition coefficient (Wildman–Crippen LogP) is 2.92. The molecule has 1 unspecified atom stereocenters. The fraction of sp³-hybridized carbons (Fsp3) is 0.632. The van der Waals surface area contributed by atoms with Crippen LogP contribution in [0.5, 0.6) is 0 Å². The summed E-state index contributed by atoms with van der Waals surface area (Å²) in [6.45, 7) is 8.80. The Morgan fingerprint density at radius 2 is 2.19 bits per heavy atom. The van der Waals surface area contributed by atoms with E-state index in [0.717, 1.165) is 44.3 Å². The zero-order chi connectivity index (χ0) is 18.1. The SMILES string of the molecule is CCNC(=NCc1ccc(C)c(F)c1)NCC1CCCN1CCOC.I. The van der Waals surface area contributed by atoms with Crippen molar-refractivity contribution in [3.63, 3.8) is 0 Å². The highest BCUT2D eigenvalue weighted by atomic mass is 127. The third-order valence-electron chi connectivity index (χ3n) is 4.59. The molecule has 2 rings (SSSR count). The fourth-order valence-electron chi connectivity index (χ4n) is 3.09. The van der Waals surface area contributed by atoms with E-state index in [4.69, 9.17) is 4.74 Å². The molecule has 0 spiro atoms. The summed E-state index contributed by atoms with van der Waals surface area (Å²) in [5.74, 6) is 0.604. The fourth-order valence-corrected chi connectivity index (χ4v) is 3.09. The summed E-state index contributed by atoms with van der Waals surface area (Å²) in [5.41, 5.74) is 1.54. The molecule has 1 aromatic rings. The Morgan fingerprint density at radius 1 is 1.38 bits per heavy atom. The first-order chi connectivity index (χ1) is 12.1. The van der Waals surface area contributed by atoms with Crippen molar-refractivity contribution in [2.75, 3.05) is 39.9 Å². The Balaban J connectivity index is 0.00000338. The Labute approximate surface area is 173 Å². The summed E-state index contributed by atoms with van der Waals surface area (Å²) in [6.07, 6.45) is 2.42. The maximum absolute atomic E-state index is 13.7. The Hall–Kier alpha value is -0.930. The molecule has 26 heavy (non-hydrogen) atoms. The molecular formula is C19H32FIN4O. The van der Waals surface area contributed by atoms with E-state index in [1.165, 1.54) is 12.8 Å². The van der Waals surface area contributed by atoms with E-state index in [-0.39, 0.29) is 29.8 Å². The van der Waals surface area contributed by atoms with Crippen molar-refractivity contribution in [3.05, 3.63) is 35.1 Å². The number of nitrogens with zero attached hydrogens (tertiary/aromatic N) is 2. The molecule has 1 aliphatic heterocycles. The average molecular weight is 478 g/mol. The van der Waals surface area contributed by atoms with Gasteiger partial charge in [-0.1, -0.05) is 12.1 Å². The standard InChI is InChI=1S/C19H31FN4O.HI/c1-4-21-19(22-13-16-8-7-15(2)18(20)12-16)23-14-17-6-5-9-24(17)10-11-25-3;/h7-8,12,17H,4-6,9-11,13-14H2,1-3H3,(H2,21,22,23);1H. The Morgan fingerprint density at radius 3 is 2.88 bits per heavy atom. The summed E-state index contributed by atoms with van der Waals surface area (Å²) < 4.78 is 18.8. The molecule has 0 saturated carbocycles. The molecule has 2 N–H and O–H groups in total. The van der Waals surface area contributed by atoms with E-state index in [2.05, 4.69) is 20.5 Å². The van der Waals surface area contributed by atoms with Crippen LogP contribution in [0.25, 0.3) is 0 Å². The Kier molecular flexibility index (Phi) is 11.1. The van der Waals surface area contributed by atoms with Gasteiger partial charge in [0.25, 0.3) is 0 Å². The van der Waals surface area contributed by atoms with Crippen LogP contribution in [0, 0.1) is 12.7 Å². The first kappa shape index (κ1) is 23.1. The highest BCUT2D eigenvalue weighted by molar-refractivity contribution is 14.0. The highest BCUT2D eigenvalue weighted by Gasteiger charge is 2.23. The van der Waals surface area contributed by atoms with Gasteiger partial charge in [0.15, 0.2) is 5.96 Å². The van der Waals surface area contributed by atoms with Crippen molar-refractivity contribution in [1.29, 1.82) is 0 Å². The summed E-state index contributed by atoms with van der Waals surface area (Å²) in [4.78, 5) is 7.05. The van der Waals surface area contributed by atoms with Crippen LogP contribution in [0.2, 0.25) is 0 Å². The van der Waals surface area contributed by atoms with Gasteiger partial charge in [0.05, 0.1) is 13.2 Å². The summed E-state index contributed by atoms with van der Waals surface area (Å²) in [7, 11) is 1.74. The maximum Gasteiger partial charge on any atom is 0.191 e. The third kappa shape index (κ3) is 7.36. The monoisotopic (exact) mass is 478 g/mol. The number of guanidine groups is 1. The largest absolute Gasteiger partial charge is 0.383 e. The normalized spacial score (nSPS) is 17.8. The van der Waals surface area contributed by atoms with Gasteiger partial charge >= 0.3 is 0 Å². The van der Waals surface area contributed by atoms with Gasteiger partial charge in [-0.3, -0.25) is 4.90 Å². The molecule has 0 aliphatic carbocycles. The van der Waals surface area contributed by atoms with Crippen molar-refractivity contribution >= 4 is 29.9 Å². The number of hydrogen-bond acceptors (Lipinski definition) is 3. The molecular weight excluding hydrogens is 446 g/mol. The van der Waals surface area contributed by atoms with Crippen LogP contribution in [0.3, 0.4) is 0 Å². The van der Waals surface area contributed by atoms with E-state index in [9.17, 15) is 4.39 Å². The molecule has 0 amide bonds. The van der Waals surface area contributed by atoms with Crippen molar-refractivity contribution in [1.82, 2.24) is 15.5 Å². The molecule has 0 bridgehead atoms. The number of ether oxygens (including phenoxy) is 1. The first-order valence-electron chi connectivity index (χ1n) is 9.14. The molecule has 7 heteroatoms. The molecule has 5 nitrogen and oxygen atoms in total. The number of likely N-dealkylation sites (tertiary alicyclic amines) is 1. The summed E-state index contributed by atoms with van der Waals surface area (Å²) >= 11 is 0. The molecule has 148 valence electrons. The highest BCUT2D eigenvalue weighted by Crippen LogP contribution is 2.16. The average Bonchev–Trinajstić information content (AvgIpc) is 3.05. The van der Waals surface area contributed by atoms with E-state index >= 15 is 0 Å². The molecule has 1 atom stereocenters. The van der Waals surface area contributed by atoms with Crippen molar-refractivity contribution < 1.29 is 9.13 Å². The van der Waals surface area contributed by atoms with Crippen molar-refractivity contribution in [2.24, 2.45) is 4.99 Å². The number of benzene rings is 1. The Bertz CT molecular complexity index is 570. The maximum atomic E-state index is 13.7. The van der Waals surface area contributed by atoms with Gasteiger partial charge in [-0.15, -0.1) is 24.0 Å². The number of nitrogens with one attached hydrogen (secondary N) is 2. The van der Waals surface area contributed by atoms with Gasteiger partial charge in [0.1, 0.15) is 5.82 Å². The van der Waals surface area contributed by atoms with Crippen LogP contribution in [0.15, 0.2) is 23.2 Å². The molecule has 0 radical (unpaired) electrons. The summed E-state index contributed by atoms with van der Waals surface area (Å²) in [5, 5.41) is 6.69. The number of rotatable bonds is 8. The van der Waals surface area contributed by atoms with Gasteiger partial charge in [-0.05, 0) is 50.4 Å². The number of aryl methyl sites for hydroxylation is 1. The van der Waals surface area contributed by atoms with E-state index in [0.29, 0.717) is 18.2 Å². The van der Waals surface area contributed by atoms with Gasteiger partial charge in [-0.2, -0.15) is 0 Å². The second-order valence-corrected chi connectivity index (χ2v) is 6.48. The third-order valence-corrected chi connectivity index (χ3v) is 4.59. The topological polar surface area (TPSA) is 48.9 Å². The number of hydrogen-bond donors (Lipinski definition) is 2. The lowest BCUT2D eigenvalue weighted by Gasteiger charge is -2.25. The summed E-state index contributed by atoms with van der Waals surface area (Å²) in [6, 6.07) is 5.80. The van der Waals surface area contributed by atoms with E-state index < -0.39 is 0 Å². The second-order valence-electron chi connectivity index (χ2n) is 6.48. The number of halogens is 2. The van der Waals surface area contributed by atoms with Crippen LogP contribution in [0.4, 0.5) is 4.39 Å².